The van der Waals surface area contributed by atoms with Crippen molar-refractivity contribution in [1.29, 1.82) is 5.41 Å². The maximum absolute atomic E-state index is 6.28. The van der Waals surface area contributed by atoms with Crippen molar-refractivity contribution >= 4 is 11.7 Å². The van der Waals surface area contributed by atoms with Crippen molar-refractivity contribution in [3.05, 3.63) is 0 Å². The molecular formula is C6H14N4. The minimum Gasteiger partial charge on any atom is -0.388 e. The quantitative estimate of drug-likeness (QED) is 0.327. The van der Waals surface area contributed by atoms with Crippen LogP contribution in [0.3, 0.4) is 0 Å². The molecule has 0 radical (unpaired) electrons. The van der Waals surface area contributed by atoms with Crippen LogP contribution in [0.2, 0.25) is 0 Å². The normalized spacial score (nSPS) is 14.4. The number of nitrogens with zero attached hydrogens (tertiary/aromatic N) is 1. The Bertz CT molecular complexity index is 135. The third-order valence-corrected chi connectivity index (χ3v) is 0.842. The summed E-state index contributed by atoms with van der Waals surface area (Å²) in [5, 5.41) is 9.35. The Morgan fingerprint density at radius 2 is 2.30 bits per heavy atom. The molecule has 1 aliphatic heterocycles. The molecule has 0 aliphatic carbocycles. The van der Waals surface area contributed by atoms with E-state index in [1.54, 1.807) is 0 Å². The first-order valence-electron chi connectivity index (χ1n) is 3.18. The van der Waals surface area contributed by atoms with Crippen LogP contribution in [0.25, 0.3) is 0 Å². The monoisotopic (exact) mass is 142 g/mol. The molecule has 58 valence electrons. The maximum Gasteiger partial charge on any atom is 0.0933 e. The average molecular weight is 142 g/mol. The van der Waals surface area contributed by atoms with Gasteiger partial charge in [0.05, 0.1) is 18.2 Å². The molecule has 0 unspecified atom stereocenters. The Balaban J connectivity index is 0.000000180. The summed E-state index contributed by atoms with van der Waals surface area (Å²) < 4.78 is 0. The summed E-state index contributed by atoms with van der Waals surface area (Å²) in [4.78, 5) is 4.04. The van der Waals surface area contributed by atoms with Crippen molar-refractivity contribution in [2.45, 2.75) is 13.8 Å². The first kappa shape index (κ1) is 8.94. The fraction of sp³-hybridized carbons (Fsp3) is 0.667. The van der Waals surface area contributed by atoms with Crippen LogP contribution in [0, 0.1) is 5.41 Å². The zero-order valence-electron chi connectivity index (χ0n) is 6.44. The number of rotatable bonds is 0. The third-order valence-electron chi connectivity index (χ3n) is 0.842. The summed E-state index contributed by atoms with van der Waals surface area (Å²) in [5.41, 5.74) is 4.69. The Kier molecular flexibility index (Phi) is 4.28. The van der Waals surface area contributed by atoms with Crippen LogP contribution in [0.15, 0.2) is 4.99 Å². The molecule has 0 fully saturated rings. The molecule has 0 bridgehead atoms. The molecule has 0 aromatic carbocycles. The fourth-order valence-corrected chi connectivity index (χ4v) is 0.516. The van der Waals surface area contributed by atoms with Gasteiger partial charge in [0.2, 0.25) is 0 Å². The maximum atomic E-state index is 6.28. The van der Waals surface area contributed by atoms with E-state index in [-0.39, 0.29) is 5.84 Å². The summed E-state index contributed by atoms with van der Waals surface area (Å²) in [6.45, 7) is 5.50. The third kappa shape index (κ3) is 6.94. The standard InChI is InChI=1S/C4H8N2.C2H6N2/c1-4-5-2-3-6-4;1-2(3)4/h2-3H2,1H3,(H,5,6);1H3,(H3,3,4). The van der Waals surface area contributed by atoms with Crippen molar-refractivity contribution in [3.63, 3.8) is 0 Å². The molecular weight excluding hydrogens is 128 g/mol. The van der Waals surface area contributed by atoms with E-state index < -0.39 is 0 Å². The van der Waals surface area contributed by atoms with E-state index in [1.807, 2.05) is 6.92 Å². The van der Waals surface area contributed by atoms with E-state index >= 15 is 0 Å². The lowest BCUT2D eigenvalue weighted by atomic mass is 10.7. The van der Waals surface area contributed by atoms with Crippen LogP contribution in [0.1, 0.15) is 13.8 Å². The summed E-state index contributed by atoms with van der Waals surface area (Å²) in [7, 11) is 0. The molecule has 4 N–H and O–H groups in total. The van der Waals surface area contributed by atoms with Gasteiger partial charge >= 0.3 is 0 Å². The lowest BCUT2D eigenvalue weighted by molar-refractivity contribution is 0.958. The largest absolute Gasteiger partial charge is 0.388 e. The van der Waals surface area contributed by atoms with Gasteiger partial charge in [-0.2, -0.15) is 0 Å². The minimum absolute atomic E-state index is 0.167. The van der Waals surface area contributed by atoms with E-state index in [1.165, 1.54) is 6.92 Å². The van der Waals surface area contributed by atoms with Gasteiger partial charge in [-0.15, -0.1) is 0 Å². The smallest absolute Gasteiger partial charge is 0.0933 e. The van der Waals surface area contributed by atoms with E-state index in [0.29, 0.717) is 0 Å². The van der Waals surface area contributed by atoms with Crippen molar-refractivity contribution in [2.75, 3.05) is 13.1 Å². The predicted molar refractivity (Wildman–Crippen MR) is 43.6 cm³/mol. The van der Waals surface area contributed by atoms with E-state index in [4.69, 9.17) is 11.1 Å². The molecule has 1 aliphatic rings. The number of nitrogens with two attached hydrogens (primary N) is 1. The van der Waals surface area contributed by atoms with Crippen LogP contribution in [-0.4, -0.2) is 24.8 Å². The SMILES string of the molecule is CC(=N)N.CC1=NCCN1. The average Bonchev–Trinajstić information content (AvgIpc) is 2.15. The van der Waals surface area contributed by atoms with Gasteiger partial charge in [0.1, 0.15) is 0 Å². The van der Waals surface area contributed by atoms with Gasteiger partial charge in [0.15, 0.2) is 0 Å². The van der Waals surface area contributed by atoms with Gasteiger partial charge in [-0.25, -0.2) is 0 Å². The second kappa shape index (κ2) is 4.78. The second-order valence-electron chi connectivity index (χ2n) is 2.08. The Morgan fingerprint density at radius 1 is 1.80 bits per heavy atom. The molecule has 0 aromatic rings. The summed E-state index contributed by atoms with van der Waals surface area (Å²) in [6.07, 6.45) is 0. The number of hydrogen-bond donors (Lipinski definition) is 3. The molecule has 1 heterocycles. The first-order valence-corrected chi connectivity index (χ1v) is 3.18. The molecule has 0 spiro atoms. The highest BCUT2D eigenvalue weighted by molar-refractivity contribution is 5.80. The van der Waals surface area contributed by atoms with Gasteiger partial charge in [0, 0.05) is 6.54 Å². The zero-order chi connectivity index (χ0) is 7.98. The molecule has 0 saturated carbocycles. The predicted octanol–water partition coefficient (Wildman–Crippen LogP) is -0.0497. The number of amidine groups is 2. The van der Waals surface area contributed by atoms with E-state index in [0.717, 1.165) is 18.9 Å². The molecule has 4 heteroatoms. The Morgan fingerprint density at radius 3 is 2.40 bits per heavy atom. The zero-order valence-corrected chi connectivity index (χ0v) is 6.44. The number of aliphatic imine (C=N–C) groups is 1. The number of nitrogens with one attached hydrogen (secondary N) is 2. The van der Waals surface area contributed by atoms with Crippen molar-refractivity contribution in [2.24, 2.45) is 10.7 Å². The molecule has 0 amide bonds. The van der Waals surface area contributed by atoms with Crippen LogP contribution in [0.5, 0.6) is 0 Å². The Hall–Kier alpha value is -1.06. The van der Waals surface area contributed by atoms with E-state index in [9.17, 15) is 0 Å². The van der Waals surface area contributed by atoms with Crippen LogP contribution >= 0.6 is 0 Å². The molecule has 0 saturated heterocycles. The summed E-state index contributed by atoms with van der Waals surface area (Å²) in [6, 6.07) is 0. The van der Waals surface area contributed by atoms with Crippen molar-refractivity contribution in [1.82, 2.24) is 5.32 Å². The minimum atomic E-state index is 0.167. The van der Waals surface area contributed by atoms with Crippen molar-refractivity contribution < 1.29 is 0 Å². The van der Waals surface area contributed by atoms with E-state index in [2.05, 4.69) is 10.3 Å². The van der Waals surface area contributed by atoms with Gasteiger partial charge in [0.25, 0.3) is 0 Å². The summed E-state index contributed by atoms with van der Waals surface area (Å²) in [5.74, 6) is 1.25. The summed E-state index contributed by atoms with van der Waals surface area (Å²) >= 11 is 0. The van der Waals surface area contributed by atoms with Crippen LogP contribution < -0.4 is 11.1 Å². The topological polar surface area (TPSA) is 74.3 Å². The molecule has 1 rings (SSSR count). The van der Waals surface area contributed by atoms with Crippen LogP contribution in [-0.2, 0) is 0 Å². The van der Waals surface area contributed by atoms with Gasteiger partial charge in [-0.05, 0) is 13.8 Å². The molecule has 10 heavy (non-hydrogen) atoms. The highest BCUT2D eigenvalue weighted by atomic mass is 15.0. The van der Waals surface area contributed by atoms with Crippen LogP contribution in [0.4, 0.5) is 0 Å². The fourth-order valence-electron chi connectivity index (χ4n) is 0.516. The molecule has 0 atom stereocenters. The van der Waals surface area contributed by atoms with Gasteiger partial charge < -0.3 is 11.1 Å². The highest BCUT2D eigenvalue weighted by Crippen LogP contribution is 1.79. The highest BCUT2D eigenvalue weighted by Gasteiger charge is 1.93. The lowest BCUT2D eigenvalue weighted by Crippen LogP contribution is -2.13. The molecule has 4 nitrogen and oxygen atoms in total. The van der Waals surface area contributed by atoms with Gasteiger partial charge in [-0.1, -0.05) is 0 Å². The van der Waals surface area contributed by atoms with Gasteiger partial charge in [-0.3, -0.25) is 10.4 Å². The lowest BCUT2D eigenvalue weighted by Gasteiger charge is -1.85. The first-order chi connectivity index (χ1) is 4.63. The van der Waals surface area contributed by atoms with Crippen molar-refractivity contribution in [3.8, 4) is 0 Å². The second-order valence-corrected chi connectivity index (χ2v) is 2.08. The molecule has 0 aromatic heterocycles. The Labute approximate surface area is 61.0 Å². The number of hydrogen-bond acceptors (Lipinski definition) is 3.